The molecule has 44 heavy (non-hydrogen) atoms. The van der Waals surface area contributed by atoms with Crippen LogP contribution < -0.4 is 0 Å². The highest BCUT2D eigenvalue weighted by Crippen LogP contribution is 2.41. The molecular weight excluding hydrogens is 547 g/mol. The van der Waals surface area contributed by atoms with Crippen molar-refractivity contribution in [1.29, 1.82) is 0 Å². The third-order valence-electron chi connectivity index (χ3n) is 10.2. The molecule has 0 aromatic rings. The zero-order valence-electron chi connectivity index (χ0n) is 31.5. The Kier molecular flexibility index (Phi) is 68.6. The van der Waals surface area contributed by atoms with Gasteiger partial charge in [0.25, 0.3) is 0 Å². The average Bonchev–Trinajstić information content (AvgIpc) is 2.99. The van der Waals surface area contributed by atoms with E-state index in [1.165, 1.54) is 135 Å². The van der Waals surface area contributed by atoms with Gasteiger partial charge in [0.2, 0.25) is 0 Å². The predicted octanol–water partition coefficient (Wildman–Crippen LogP) is 18.1. The van der Waals surface area contributed by atoms with Gasteiger partial charge >= 0.3 is 0 Å². The minimum atomic E-state index is 0. The molecule has 0 rings (SSSR count). The Hall–Kier alpha value is 0.430. The second kappa shape index (κ2) is 47.8. The molecule has 1 heteroatoms. The molecule has 0 aromatic heterocycles. The Morgan fingerprint density at radius 3 is 0.909 bits per heavy atom. The summed E-state index contributed by atoms with van der Waals surface area (Å²) in [6.45, 7) is 32.1. The lowest BCUT2D eigenvalue weighted by Gasteiger charge is -2.35. The third kappa shape index (κ3) is 40.5. The summed E-state index contributed by atoms with van der Waals surface area (Å²) in [7, 11) is 1.15. The van der Waals surface area contributed by atoms with Gasteiger partial charge in [-0.1, -0.05) is 216 Å². The first kappa shape index (κ1) is 63.1. The Bertz CT molecular complexity index is 381. The quantitative estimate of drug-likeness (QED) is 0.0808. The second-order valence-electron chi connectivity index (χ2n) is 13.2. The standard InChI is InChI=1S/C17H37P.C9H20.C7H16.C6H14.4CH4/c1-5-8-12-17(13-9-6-2,14-10-7-3)15-11-16-18-4;1-5-9(6-2,7-3)8-4;1-4-6-7(3)5-2;1-4-6(3)5-2;;;;/h18H,5-16H2,1-4H3;5-8H2,1-4H3;7H,4-6H2,1-3H3;6H,4-5H2,1-3H3;4*1H4. The van der Waals surface area contributed by atoms with Crippen molar-refractivity contribution in [2.45, 2.75) is 248 Å². The van der Waals surface area contributed by atoms with Crippen LogP contribution in [0.4, 0.5) is 0 Å². The van der Waals surface area contributed by atoms with E-state index >= 15 is 0 Å². The van der Waals surface area contributed by atoms with E-state index in [1.54, 1.807) is 0 Å². The van der Waals surface area contributed by atoms with Crippen LogP contribution in [0.1, 0.15) is 248 Å². The molecule has 0 saturated carbocycles. The van der Waals surface area contributed by atoms with Gasteiger partial charge in [-0.25, -0.2) is 0 Å². The van der Waals surface area contributed by atoms with Gasteiger partial charge in [-0.15, -0.1) is 8.58 Å². The zero-order chi connectivity index (χ0) is 31.7. The Balaban J connectivity index is -0.0000000706. The molecular formula is C43H103P. The van der Waals surface area contributed by atoms with Gasteiger partial charge in [-0.2, -0.15) is 0 Å². The molecule has 0 spiro atoms. The van der Waals surface area contributed by atoms with Gasteiger partial charge in [0, 0.05) is 0 Å². The maximum atomic E-state index is 2.35. The molecule has 2 atom stereocenters. The highest BCUT2D eigenvalue weighted by atomic mass is 31.1. The normalized spacial score (nSPS) is 11.2. The summed E-state index contributed by atoms with van der Waals surface area (Å²) in [6.07, 6.45) is 29.5. The fraction of sp³-hybridized carbons (Fsp3) is 1.00. The van der Waals surface area contributed by atoms with Crippen LogP contribution in [0.2, 0.25) is 0 Å². The summed E-state index contributed by atoms with van der Waals surface area (Å²) in [4.78, 5) is 0. The summed E-state index contributed by atoms with van der Waals surface area (Å²) in [5.74, 6) is 1.88. The van der Waals surface area contributed by atoms with Gasteiger partial charge in [-0.3, -0.25) is 0 Å². The molecule has 0 radical (unpaired) electrons. The van der Waals surface area contributed by atoms with E-state index in [0.29, 0.717) is 10.8 Å². The average molecular weight is 651 g/mol. The molecule has 0 aliphatic heterocycles. The minimum Gasteiger partial charge on any atom is -0.125 e. The maximum absolute atomic E-state index is 2.35. The van der Waals surface area contributed by atoms with Crippen LogP contribution in [0.15, 0.2) is 0 Å². The van der Waals surface area contributed by atoms with E-state index in [-0.39, 0.29) is 29.7 Å². The van der Waals surface area contributed by atoms with Crippen molar-refractivity contribution < 1.29 is 0 Å². The number of rotatable bonds is 22. The van der Waals surface area contributed by atoms with Crippen LogP contribution in [-0.2, 0) is 0 Å². The molecule has 0 aliphatic rings. The zero-order valence-corrected chi connectivity index (χ0v) is 32.5. The molecule has 0 aliphatic carbocycles. The van der Waals surface area contributed by atoms with Crippen molar-refractivity contribution in [3.63, 3.8) is 0 Å². The lowest BCUT2D eigenvalue weighted by atomic mass is 9.71. The number of hydrogen-bond acceptors (Lipinski definition) is 0. The van der Waals surface area contributed by atoms with Crippen LogP contribution in [0, 0.1) is 22.7 Å². The first-order valence-corrected chi connectivity index (χ1v) is 20.5. The van der Waals surface area contributed by atoms with Gasteiger partial charge in [0.15, 0.2) is 0 Å². The molecule has 0 saturated heterocycles. The molecule has 280 valence electrons. The van der Waals surface area contributed by atoms with Gasteiger partial charge in [0.05, 0.1) is 0 Å². The van der Waals surface area contributed by atoms with Crippen LogP contribution in [0.3, 0.4) is 0 Å². The Morgan fingerprint density at radius 2 is 0.750 bits per heavy atom. The van der Waals surface area contributed by atoms with Crippen LogP contribution >= 0.6 is 8.58 Å². The molecule has 0 fully saturated rings. The molecule has 0 amide bonds. The number of hydrogen-bond donors (Lipinski definition) is 0. The van der Waals surface area contributed by atoms with Gasteiger partial charge < -0.3 is 0 Å². The Morgan fingerprint density at radius 1 is 0.432 bits per heavy atom. The van der Waals surface area contributed by atoms with Gasteiger partial charge in [0.1, 0.15) is 0 Å². The summed E-state index contributed by atoms with van der Waals surface area (Å²) < 4.78 is 0. The predicted molar refractivity (Wildman–Crippen MR) is 224 cm³/mol. The highest BCUT2D eigenvalue weighted by molar-refractivity contribution is 7.36. The van der Waals surface area contributed by atoms with E-state index < -0.39 is 0 Å². The van der Waals surface area contributed by atoms with Crippen LogP contribution in [0.25, 0.3) is 0 Å². The smallest absolute Gasteiger partial charge is 0.0297 e. The monoisotopic (exact) mass is 651 g/mol. The lowest BCUT2D eigenvalue weighted by Crippen LogP contribution is -2.21. The highest BCUT2D eigenvalue weighted by Gasteiger charge is 2.27. The summed E-state index contributed by atoms with van der Waals surface area (Å²) >= 11 is 0. The van der Waals surface area contributed by atoms with E-state index in [9.17, 15) is 0 Å². The Labute approximate surface area is 291 Å². The van der Waals surface area contributed by atoms with Crippen molar-refractivity contribution in [2.24, 2.45) is 22.7 Å². The summed E-state index contributed by atoms with van der Waals surface area (Å²) in [5, 5.41) is 0. The molecule has 0 N–H and O–H groups in total. The van der Waals surface area contributed by atoms with E-state index in [1.807, 2.05) is 0 Å². The van der Waals surface area contributed by atoms with Crippen molar-refractivity contribution in [1.82, 2.24) is 0 Å². The van der Waals surface area contributed by atoms with Crippen molar-refractivity contribution in [3.8, 4) is 0 Å². The first-order valence-electron chi connectivity index (χ1n) is 18.7. The van der Waals surface area contributed by atoms with Crippen molar-refractivity contribution >= 4 is 8.58 Å². The van der Waals surface area contributed by atoms with E-state index in [4.69, 9.17) is 0 Å². The lowest BCUT2D eigenvalue weighted by molar-refractivity contribution is 0.181. The van der Waals surface area contributed by atoms with Crippen LogP contribution in [-0.4, -0.2) is 12.8 Å². The van der Waals surface area contributed by atoms with Crippen molar-refractivity contribution in [2.75, 3.05) is 12.8 Å². The fourth-order valence-corrected chi connectivity index (χ4v) is 6.06. The van der Waals surface area contributed by atoms with Gasteiger partial charge in [-0.05, 0) is 67.6 Å². The molecule has 0 aromatic carbocycles. The van der Waals surface area contributed by atoms with Crippen LogP contribution in [0.5, 0.6) is 0 Å². The topological polar surface area (TPSA) is 0 Å². The first-order chi connectivity index (χ1) is 19.1. The molecule has 0 heterocycles. The summed E-state index contributed by atoms with van der Waals surface area (Å²) in [6, 6.07) is 0. The fourth-order valence-electron chi connectivity index (χ4n) is 5.53. The molecule has 2 unspecified atom stereocenters. The summed E-state index contributed by atoms with van der Waals surface area (Å²) in [5.41, 5.74) is 1.38. The number of unbranched alkanes of at least 4 members (excludes halogenated alkanes) is 3. The molecule has 0 bridgehead atoms. The molecule has 0 nitrogen and oxygen atoms in total. The second-order valence-corrected chi connectivity index (χ2v) is 14.4. The third-order valence-corrected chi connectivity index (χ3v) is 11.0. The minimum absolute atomic E-state index is 0. The largest absolute Gasteiger partial charge is 0.125 e. The van der Waals surface area contributed by atoms with E-state index in [2.05, 4.69) is 96.7 Å². The maximum Gasteiger partial charge on any atom is -0.0297 e. The van der Waals surface area contributed by atoms with E-state index in [0.717, 1.165) is 20.4 Å². The van der Waals surface area contributed by atoms with Crippen molar-refractivity contribution in [3.05, 3.63) is 0 Å². The SMILES string of the molecule is C.C.C.C.CCC(C)CC.CCC(CC)(CC)CC.CCCC(C)CC.CCCCC(CCCC)(CCCC)CCCPC.